The molecule has 1 heterocycles. The van der Waals surface area contributed by atoms with Crippen molar-refractivity contribution in [2.75, 3.05) is 13.1 Å². The van der Waals surface area contributed by atoms with Crippen molar-refractivity contribution < 1.29 is 14.7 Å². The first-order chi connectivity index (χ1) is 9.16. The number of nitrogens with one attached hydrogen (secondary N) is 1. The molecule has 1 saturated heterocycles. The average Bonchev–Trinajstić information content (AvgIpc) is 2.55. The maximum atomic E-state index is 11.9. The number of aliphatic carboxylic acids is 1. The molecule has 0 saturated carbocycles. The Morgan fingerprint density at radius 2 is 2.11 bits per heavy atom. The third-order valence-corrected chi connectivity index (χ3v) is 3.26. The van der Waals surface area contributed by atoms with Gasteiger partial charge in [0, 0.05) is 19.6 Å². The quantitative estimate of drug-likeness (QED) is 0.844. The number of nitrogens with zero attached hydrogens (tertiary/aromatic N) is 1. The highest BCUT2D eigenvalue weighted by Gasteiger charge is 2.29. The second-order valence-electron chi connectivity index (χ2n) is 4.71. The van der Waals surface area contributed by atoms with E-state index in [1.807, 2.05) is 35.2 Å². The lowest BCUT2D eigenvalue weighted by molar-refractivity contribution is -0.141. The molecule has 1 atom stereocenters. The van der Waals surface area contributed by atoms with E-state index in [9.17, 15) is 9.59 Å². The zero-order valence-electron chi connectivity index (χ0n) is 10.7. The van der Waals surface area contributed by atoms with Gasteiger partial charge in [-0.25, -0.2) is 0 Å². The number of carboxylic acids is 1. The Kier molecular flexibility index (Phi) is 4.52. The molecule has 1 aromatic carbocycles. The largest absolute Gasteiger partial charge is 0.481 e. The summed E-state index contributed by atoms with van der Waals surface area (Å²) >= 11 is 0. The number of hydrogen-bond donors (Lipinski definition) is 2. The summed E-state index contributed by atoms with van der Waals surface area (Å²) in [5.41, 5.74) is 1.09. The van der Waals surface area contributed by atoms with Gasteiger partial charge in [-0.15, -0.1) is 0 Å². The van der Waals surface area contributed by atoms with E-state index in [1.54, 1.807) is 0 Å². The van der Waals surface area contributed by atoms with Gasteiger partial charge in [0.15, 0.2) is 0 Å². The summed E-state index contributed by atoms with van der Waals surface area (Å²) in [5, 5.41) is 11.7. The first kappa shape index (κ1) is 13.5. The molecule has 1 amide bonds. The van der Waals surface area contributed by atoms with Crippen LogP contribution in [0.4, 0.5) is 0 Å². The van der Waals surface area contributed by atoms with Crippen LogP contribution in [-0.4, -0.2) is 41.0 Å². The van der Waals surface area contributed by atoms with Crippen molar-refractivity contribution in [2.45, 2.75) is 25.4 Å². The zero-order valence-corrected chi connectivity index (χ0v) is 10.7. The molecule has 1 aliphatic rings. The standard InChI is InChI=1S/C14H18N2O3/c17-13(18)9-12-14(19)15-7-4-8-16(12)10-11-5-2-1-3-6-11/h1-3,5-6,12H,4,7-10H2,(H,15,19)(H,17,18). The molecular weight excluding hydrogens is 244 g/mol. The number of hydrogen-bond acceptors (Lipinski definition) is 3. The van der Waals surface area contributed by atoms with Gasteiger partial charge >= 0.3 is 5.97 Å². The molecule has 1 aliphatic heterocycles. The lowest BCUT2D eigenvalue weighted by Crippen LogP contribution is -2.45. The second-order valence-corrected chi connectivity index (χ2v) is 4.71. The van der Waals surface area contributed by atoms with Crippen molar-refractivity contribution in [3.63, 3.8) is 0 Å². The topological polar surface area (TPSA) is 69.6 Å². The monoisotopic (exact) mass is 262 g/mol. The van der Waals surface area contributed by atoms with Crippen LogP contribution >= 0.6 is 0 Å². The minimum absolute atomic E-state index is 0.154. The SMILES string of the molecule is O=C(O)CC1C(=O)NCCCN1Cc1ccccc1. The van der Waals surface area contributed by atoms with Crippen LogP contribution in [0.3, 0.4) is 0 Å². The van der Waals surface area contributed by atoms with E-state index in [4.69, 9.17) is 5.11 Å². The van der Waals surface area contributed by atoms with E-state index in [2.05, 4.69) is 5.32 Å². The minimum atomic E-state index is -0.944. The molecule has 0 bridgehead atoms. The van der Waals surface area contributed by atoms with Gasteiger partial charge in [-0.3, -0.25) is 14.5 Å². The van der Waals surface area contributed by atoms with Gasteiger partial charge in [0.1, 0.15) is 0 Å². The van der Waals surface area contributed by atoms with Gasteiger partial charge in [0.2, 0.25) is 5.91 Å². The molecule has 0 radical (unpaired) electrons. The Hall–Kier alpha value is -1.88. The summed E-state index contributed by atoms with van der Waals surface area (Å²) in [6.07, 6.45) is 0.688. The molecule has 1 aromatic rings. The lowest BCUT2D eigenvalue weighted by Gasteiger charge is -2.27. The average molecular weight is 262 g/mol. The first-order valence-corrected chi connectivity index (χ1v) is 6.44. The normalized spacial score (nSPS) is 20.6. The van der Waals surface area contributed by atoms with E-state index < -0.39 is 12.0 Å². The summed E-state index contributed by atoms with van der Waals surface area (Å²) in [6.45, 7) is 1.94. The van der Waals surface area contributed by atoms with Crippen LogP contribution in [-0.2, 0) is 16.1 Å². The summed E-state index contributed by atoms with van der Waals surface area (Å²) in [5.74, 6) is -1.13. The summed E-state index contributed by atoms with van der Waals surface area (Å²) in [6, 6.07) is 9.22. The second kappa shape index (κ2) is 6.33. The highest BCUT2D eigenvalue weighted by Crippen LogP contribution is 2.14. The maximum absolute atomic E-state index is 11.9. The van der Waals surface area contributed by atoms with Gasteiger partial charge in [0.25, 0.3) is 0 Å². The van der Waals surface area contributed by atoms with Crippen LogP contribution in [0.15, 0.2) is 30.3 Å². The number of rotatable bonds is 4. The van der Waals surface area contributed by atoms with Crippen molar-refractivity contribution in [3.8, 4) is 0 Å². The Balaban J connectivity index is 2.13. The van der Waals surface area contributed by atoms with Crippen LogP contribution in [0, 0.1) is 0 Å². The van der Waals surface area contributed by atoms with Gasteiger partial charge < -0.3 is 10.4 Å². The molecule has 1 unspecified atom stereocenters. The Labute approximate surface area is 112 Å². The van der Waals surface area contributed by atoms with Crippen molar-refractivity contribution in [1.82, 2.24) is 10.2 Å². The van der Waals surface area contributed by atoms with Crippen molar-refractivity contribution in [2.24, 2.45) is 0 Å². The Morgan fingerprint density at radius 1 is 1.37 bits per heavy atom. The highest BCUT2D eigenvalue weighted by molar-refractivity contribution is 5.86. The number of carbonyl (C=O) groups is 2. The molecule has 2 rings (SSSR count). The van der Waals surface area contributed by atoms with Crippen molar-refractivity contribution in [1.29, 1.82) is 0 Å². The predicted molar refractivity (Wildman–Crippen MR) is 70.5 cm³/mol. The number of amides is 1. The molecular formula is C14H18N2O3. The molecule has 0 spiro atoms. The van der Waals surface area contributed by atoms with Crippen LogP contribution in [0.25, 0.3) is 0 Å². The number of carboxylic acid groups (broad SMARTS) is 1. The van der Waals surface area contributed by atoms with Crippen LogP contribution in [0.5, 0.6) is 0 Å². The van der Waals surface area contributed by atoms with E-state index in [0.29, 0.717) is 13.1 Å². The van der Waals surface area contributed by atoms with Gasteiger partial charge in [-0.05, 0) is 12.0 Å². The van der Waals surface area contributed by atoms with Gasteiger partial charge in [-0.1, -0.05) is 30.3 Å². The fraction of sp³-hybridized carbons (Fsp3) is 0.429. The molecule has 1 fully saturated rings. The number of carbonyl (C=O) groups excluding carboxylic acids is 1. The smallest absolute Gasteiger partial charge is 0.305 e. The van der Waals surface area contributed by atoms with Crippen LogP contribution in [0.1, 0.15) is 18.4 Å². The molecule has 0 aliphatic carbocycles. The van der Waals surface area contributed by atoms with E-state index >= 15 is 0 Å². The minimum Gasteiger partial charge on any atom is -0.481 e. The molecule has 19 heavy (non-hydrogen) atoms. The number of benzene rings is 1. The van der Waals surface area contributed by atoms with Crippen molar-refractivity contribution >= 4 is 11.9 Å². The van der Waals surface area contributed by atoms with Crippen molar-refractivity contribution in [3.05, 3.63) is 35.9 Å². The Morgan fingerprint density at radius 3 is 2.79 bits per heavy atom. The van der Waals surface area contributed by atoms with Gasteiger partial charge in [0.05, 0.1) is 12.5 Å². The molecule has 5 heteroatoms. The third kappa shape index (κ3) is 3.79. The summed E-state index contributed by atoms with van der Waals surface area (Å²) in [4.78, 5) is 24.8. The summed E-state index contributed by atoms with van der Waals surface area (Å²) < 4.78 is 0. The predicted octanol–water partition coefficient (Wildman–Crippen LogP) is 0.852. The van der Waals surface area contributed by atoms with E-state index in [-0.39, 0.29) is 12.3 Å². The van der Waals surface area contributed by atoms with E-state index in [0.717, 1.165) is 18.5 Å². The van der Waals surface area contributed by atoms with Gasteiger partial charge in [-0.2, -0.15) is 0 Å². The fourth-order valence-electron chi connectivity index (χ4n) is 2.33. The Bertz CT molecular complexity index is 447. The molecule has 0 aromatic heterocycles. The van der Waals surface area contributed by atoms with Crippen LogP contribution < -0.4 is 5.32 Å². The lowest BCUT2D eigenvalue weighted by atomic mass is 10.1. The first-order valence-electron chi connectivity index (χ1n) is 6.44. The summed E-state index contributed by atoms with van der Waals surface area (Å²) in [7, 11) is 0. The molecule has 5 nitrogen and oxygen atoms in total. The zero-order chi connectivity index (χ0) is 13.7. The van der Waals surface area contributed by atoms with Crippen LogP contribution in [0.2, 0.25) is 0 Å². The fourth-order valence-corrected chi connectivity index (χ4v) is 2.33. The molecule has 2 N–H and O–H groups in total. The maximum Gasteiger partial charge on any atom is 0.305 e. The highest BCUT2D eigenvalue weighted by atomic mass is 16.4. The van der Waals surface area contributed by atoms with E-state index in [1.165, 1.54) is 0 Å². The third-order valence-electron chi connectivity index (χ3n) is 3.26. The molecule has 102 valence electrons.